The summed E-state index contributed by atoms with van der Waals surface area (Å²) >= 11 is 1.57. The number of nitriles is 1. The van der Waals surface area contributed by atoms with Gasteiger partial charge >= 0.3 is 6.18 Å². The molecule has 0 aliphatic carbocycles. The third-order valence-electron chi connectivity index (χ3n) is 12.2. The van der Waals surface area contributed by atoms with Crippen LogP contribution in [0.15, 0.2) is 72.2 Å². The summed E-state index contributed by atoms with van der Waals surface area (Å²) in [4.78, 5) is 88.0. The van der Waals surface area contributed by atoms with Gasteiger partial charge in [0.2, 0.25) is 30.0 Å². The Hall–Kier alpha value is -6.65. The van der Waals surface area contributed by atoms with Gasteiger partial charge in [-0.05, 0) is 98.9 Å². The summed E-state index contributed by atoms with van der Waals surface area (Å²) in [5, 5.41) is 17.8. The van der Waals surface area contributed by atoms with Gasteiger partial charge in [0.15, 0.2) is 0 Å². The summed E-state index contributed by atoms with van der Waals surface area (Å²) in [5.41, 5.74) is 1.97. The molecule has 19 heteroatoms. The first-order valence-corrected chi connectivity index (χ1v) is 23.9. The van der Waals surface area contributed by atoms with Gasteiger partial charge in [0.25, 0.3) is 5.91 Å². The Morgan fingerprint density at radius 3 is 2.21 bits per heavy atom. The molecule has 374 valence electrons. The third-order valence-corrected chi connectivity index (χ3v) is 13.1. The Morgan fingerprint density at radius 2 is 1.60 bits per heavy atom. The lowest BCUT2D eigenvalue weighted by Crippen LogP contribution is -2.57. The molecule has 1 fully saturated rings. The molecular weight excluding hydrogens is 926 g/mol. The number of aromatic nitrogens is 1. The van der Waals surface area contributed by atoms with Gasteiger partial charge in [-0.15, -0.1) is 11.3 Å². The summed E-state index contributed by atoms with van der Waals surface area (Å²) < 4.78 is 46.4. The van der Waals surface area contributed by atoms with Crippen molar-refractivity contribution >= 4 is 58.7 Å². The van der Waals surface area contributed by atoms with Crippen molar-refractivity contribution in [1.29, 1.82) is 5.26 Å². The first-order chi connectivity index (χ1) is 33.1. The molecule has 2 heterocycles. The van der Waals surface area contributed by atoms with E-state index < -0.39 is 46.2 Å². The van der Waals surface area contributed by atoms with E-state index in [1.165, 1.54) is 37.9 Å². The van der Waals surface area contributed by atoms with Crippen molar-refractivity contribution in [2.75, 3.05) is 43.2 Å². The van der Waals surface area contributed by atoms with E-state index in [0.29, 0.717) is 50.9 Å². The zero-order valence-corrected chi connectivity index (χ0v) is 41.4. The minimum atomic E-state index is -4.81. The highest BCUT2D eigenvalue weighted by atomic mass is 32.1. The van der Waals surface area contributed by atoms with Crippen molar-refractivity contribution in [2.24, 2.45) is 5.41 Å². The molecule has 1 saturated heterocycles. The van der Waals surface area contributed by atoms with Gasteiger partial charge in [0.05, 0.1) is 46.5 Å². The number of likely N-dealkylation sites (N-methyl/N-ethyl adjacent to an activating group) is 1. The SMILES string of the molecule is Cc1ncsc1-c1ccc(CNC(=O)[C@@H]2CCCN2C(=O)C(NC(=O)CCOCCNC(=O)CCCc2ccc(N(C=O)C(C)(C)C(=O)N(C)c3ccc(C#N)c(C(F)(F)F)c3)cc2)C(C)(C)C)cc1. The van der Waals surface area contributed by atoms with E-state index in [4.69, 9.17) is 10.00 Å². The smallest absolute Gasteiger partial charge is 0.379 e. The van der Waals surface area contributed by atoms with E-state index in [1.54, 1.807) is 40.5 Å². The van der Waals surface area contributed by atoms with E-state index >= 15 is 0 Å². The number of thiazole rings is 1. The fourth-order valence-corrected chi connectivity index (χ4v) is 8.94. The monoisotopic (exact) mass is 986 g/mol. The minimum Gasteiger partial charge on any atom is -0.379 e. The van der Waals surface area contributed by atoms with Crippen molar-refractivity contribution in [3.8, 4) is 16.5 Å². The molecule has 3 N–H and O–H groups in total. The van der Waals surface area contributed by atoms with Crippen LogP contribution in [0.1, 0.15) is 94.7 Å². The number of alkyl halides is 3. The van der Waals surface area contributed by atoms with Gasteiger partial charge in [-0.3, -0.25) is 28.8 Å². The van der Waals surface area contributed by atoms with Crippen LogP contribution in [0.2, 0.25) is 0 Å². The molecule has 0 spiro atoms. The van der Waals surface area contributed by atoms with Crippen LogP contribution in [-0.2, 0) is 52.6 Å². The van der Waals surface area contributed by atoms with Crippen LogP contribution in [0.3, 0.4) is 0 Å². The van der Waals surface area contributed by atoms with Crippen LogP contribution < -0.4 is 25.8 Å². The van der Waals surface area contributed by atoms with Crippen LogP contribution in [0.5, 0.6) is 0 Å². The number of carbonyl (C=O) groups excluding carboxylic acids is 6. The normalized spacial score (nSPS) is 14.3. The highest BCUT2D eigenvalue weighted by Gasteiger charge is 2.42. The number of aryl methyl sites for hydroxylation is 2. The third kappa shape index (κ3) is 14.0. The molecular formula is C51H61F3N8O7S. The lowest BCUT2D eigenvalue weighted by atomic mass is 9.85. The second kappa shape index (κ2) is 23.8. The molecule has 0 bridgehead atoms. The summed E-state index contributed by atoms with van der Waals surface area (Å²) in [6, 6.07) is 17.7. The molecule has 1 aromatic heterocycles. The molecule has 0 saturated carbocycles. The van der Waals surface area contributed by atoms with Gasteiger partial charge in [-0.25, -0.2) is 4.98 Å². The van der Waals surface area contributed by atoms with Crippen molar-refractivity contribution in [3.05, 3.63) is 100 Å². The number of carbonyl (C=O) groups is 6. The largest absolute Gasteiger partial charge is 0.417 e. The second-order valence-electron chi connectivity index (χ2n) is 18.7. The number of rotatable bonds is 21. The molecule has 1 aliphatic rings. The Kier molecular flexibility index (Phi) is 18.4. The molecule has 1 aliphatic heterocycles. The molecule has 2 atom stereocenters. The topological polar surface area (TPSA) is 194 Å². The lowest BCUT2D eigenvalue weighted by molar-refractivity contribution is -0.144. The second-order valence-corrected chi connectivity index (χ2v) is 19.6. The number of nitrogens with zero attached hydrogens (tertiary/aromatic N) is 5. The maximum Gasteiger partial charge on any atom is 0.417 e. The molecule has 5 rings (SSSR count). The van der Waals surface area contributed by atoms with E-state index in [2.05, 4.69) is 20.9 Å². The zero-order valence-electron chi connectivity index (χ0n) is 40.6. The van der Waals surface area contributed by atoms with Crippen LogP contribution in [-0.4, -0.2) is 96.8 Å². The zero-order chi connectivity index (χ0) is 51.4. The fourth-order valence-electron chi connectivity index (χ4n) is 8.12. The lowest BCUT2D eigenvalue weighted by Gasteiger charge is -2.37. The Balaban J connectivity index is 1.000. The quantitative estimate of drug-likeness (QED) is 0.0577. The highest BCUT2D eigenvalue weighted by Crippen LogP contribution is 2.36. The first-order valence-electron chi connectivity index (χ1n) is 23.0. The van der Waals surface area contributed by atoms with Crippen LogP contribution in [0, 0.1) is 23.7 Å². The van der Waals surface area contributed by atoms with E-state index in [1.807, 2.05) is 57.5 Å². The molecule has 70 heavy (non-hydrogen) atoms. The summed E-state index contributed by atoms with van der Waals surface area (Å²) in [6.07, 6.45) is -1.93. The van der Waals surface area contributed by atoms with Gasteiger partial charge in [0, 0.05) is 50.9 Å². The number of nitrogens with one attached hydrogen (secondary N) is 3. The molecule has 4 aromatic rings. The van der Waals surface area contributed by atoms with Crippen molar-refractivity contribution in [3.63, 3.8) is 0 Å². The summed E-state index contributed by atoms with van der Waals surface area (Å²) in [5.74, 6) is -1.81. The number of likely N-dealkylation sites (tertiary alicyclic amines) is 1. The molecule has 15 nitrogen and oxygen atoms in total. The van der Waals surface area contributed by atoms with Gasteiger partial charge in [-0.1, -0.05) is 57.2 Å². The number of hydrogen-bond donors (Lipinski definition) is 3. The molecule has 0 radical (unpaired) electrons. The number of anilines is 2. The Morgan fingerprint density at radius 1 is 0.929 bits per heavy atom. The van der Waals surface area contributed by atoms with E-state index in [0.717, 1.165) is 44.3 Å². The number of halogens is 3. The number of hydrogen-bond acceptors (Lipinski definition) is 10. The fraction of sp³-hybridized carbons (Fsp3) is 0.451. The number of ether oxygens (including phenoxy) is 1. The average Bonchev–Trinajstić information content (AvgIpc) is 4.00. The maximum absolute atomic E-state index is 13.9. The summed E-state index contributed by atoms with van der Waals surface area (Å²) in [7, 11) is 1.29. The molecule has 6 amide bonds. The Labute approximate surface area is 410 Å². The predicted octanol–water partition coefficient (Wildman–Crippen LogP) is 7.10. The Bertz CT molecular complexity index is 2530. The maximum atomic E-state index is 13.9. The van der Waals surface area contributed by atoms with Crippen LogP contribution >= 0.6 is 11.3 Å². The van der Waals surface area contributed by atoms with Crippen molar-refractivity contribution in [1.82, 2.24) is 25.8 Å². The molecule has 1 unspecified atom stereocenters. The molecule has 3 aromatic carbocycles. The van der Waals surface area contributed by atoms with Crippen LogP contribution in [0.4, 0.5) is 24.5 Å². The van der Waals surface area contributed by atoms with E-state index in [9.17, 15) is 41.9 Å². The van der Waals surface area contributed by atoms with E-state index in [-0.39, 0.29) is 61.9 Å². The van der Waals surface area contributed by atoms with Gasteiger partial charge in [-0.2, -0.15) is 18.4 Å². The van der Waals surface area contributed by atoms with Crippen molar-refractivity contribution in [2.45, 2.75) is 110 Å². The van der Waals surface area contributed by atoms with Crippen molar-refractivity contribution < 1.29 is 46.7 Å². The van der Waals surface area contributed by atoms with Gasteiger partial charge < -0.3 is 35.4 Å². The van der Waals surface area contributed by atoms with Gasteiger partial charge in [0.1, 0.15) is 17.6 Å². The first kappa shape index (κ1) is 54.3. The summed E-state index contributed by atoms with van der Waals surface area (Å²) in [6.45, 7) is 11.6. The highest BCUT2D eigenvalue weighted by molar-refractivity contribution is 7.13. The number of amides is 6. The van der Waals surface area contributed by atoms with Crippen LogP contribution in [0.25, 0.3) is 10.4 Å². The predicted molar refractivity (Wildman–Crippen MR) is 260 cm³/mol. The minimum absolute atomic E-state index is 0.0158. The standard InChI is InChI=1S/C51H61F3N8O7S/c1-33-44(70-31-58-33)36-17-13-35(14-18-36)30-57-46(66)41-11-9-25-61(41)47(67)45(49(2,3)4)59-43(65)23-26-69-27-24-56-42(64)12-8-10-34-15-20-38(21-16-34)62(32-63)50(5,6)48(68)60(7)39-22-19-37(29-55)40(28-39)51(52,53)54/h13-22,28,31-32,41,45H,8-12,23-27,30H2,1-7H3,(H,56,64)(H,57,66)(H,59,65)/t41-,45?/m0/s1. The average molecular weight is 987 g/mol. The number of benzene rings is 3.